The van der Waals surface area contributed by atoms with Crippen molar-refractivity contribution in [2.45, 2.75) is 0 Å². The van der Waals surface area contributed by atoms with Gasteiger partial charge in [-0.05, 0) is 12.1 Å². The number of carboxylic acid groups (broad SMARTS) is 1. The number of hydrogen-bond donors (Lipinski definition) is 1. The van der Waals surface area contributed by atoms with E-state index >= 15 is 0 Å². The monoisotopic (exact) mass is 295 g/mol. The predicted octanol–water partition coefficient (Wildman–Crippen LogP) is 3.21. The van der Waals surface area contributed by atoms with Crippen molar-refractivity contribution < 1.29 is 14.8 Å². The molecule has 0 heterocycles. The van der Waals surface area contributed by atoms with Crippen molar-refractivity contribution in [3.05, 3.63) is 50.5 Å². The molecule has 2 aromatic rings. The topological polar surface area (TPSA) is 80.4 Å². The summed E-state index contributed by atoms with van der Waals surface area (Å²) < 4.78 is 0.626. The minimum absolute atomic E-state index is 0.0736. The minimum atomic E-state index is -1.18. The Bertz CT molecular complexity index is 618. The lowest BCUT2D eigenvalue weighted by molar-refractivity contribution is -0.383. The van der Waals surface area contributed by atoms with Gasteiger partial charge in [0.15, 0.2) is 0 Å². The molecule has 0 spiro atoms. The Morgan fingerprint density at radius 2 is 2.00 bits per heavy atom. The first-order valence-corrected chi connectivity index (χ1v) is 5.40. The molecule has 0 unspecified atom stereocenters. The molecule has 0 fully saturated rings. The molecule has 0 aliphatic heterocycles. The Morgan fingerprint density at radius 1 is 1.29 bits per heavy atom. The van der Waals surface area contributed by atoms with Crippen molar-refractivity contribution in [2.24, 2.45) is 0 Å². The van der Waals surface area contributed by atoms with E-state index < -0.39 is 10.9 Å². The van der Waals surface area contributed by atoms with E-state index in [1.807, 2.05) is 0 Å². The molecular weight excluding hydrogens is 290 g/mol. The van der Waals surface area contributed by atoms with Gasteiger partial charge in [-0.1, -0.05) is 28.1 Å². The van der Waals surface area contributed by atoms with Crippen LogP contribution < -0.4 is 0 Å². The number of non-ortho nitro benzene ring substituents is 1. The van der Waals surface area contributed by atoms with E-state index in [2.05, 4.69) is 15.9 Å². The molecule has 0 radical (unpaired) electrons. The van der Waals surface area contributed by atoms with E-state index in [4.69, 9.17) is 5.11 Å². The van der Waals surface area contributed by atoms with E-state index in [0.717, 1.165) is 0 Å². The number of aromatic carboxylic acids is 1. The van der Waals surface area contributed by atoms with E-state index in [-0.39, 0.29) is 16.6 Å². The van der Waals surface area contributed by atoms with Crippen LogP contribution in [0.25, 0.3) is 10.8 Å². The van der Waals surface area contributed by atoms with Crippen LogP contribution >= 0.6 is 15.9 Å². The predicted molar refractivity (Wildman–Crippen MR) is 65.3 cm³/mol. The van der Waals surface area contributed by atoms with Crippen LogP contribution in [-0.4, -0.2) is 16.0 Å². The quantitative estimate of drug-likeness (QED) is 0.681. The van der Waals surface area contributed by atoms with E-state index in [1.165, 1.54) is 18.2 Å². The van der Waals surface area contributed by atoms with Crippen LogP contribution in [0.2, 0.25) is 0 Å². The lowest BCUT2D eigenvalue weighted by Gasteiger charge is -2.05. The molecule has 2 rings (SSSR count). The van der Waals surface area contributed by atoms with Crippen LogP contribution in [0.5, 0.6) is 0 Å². The smallest absolute Gasteiger partial charge is 0.336 e. The Balaban J connectivity index is 2.99. The van der Waals surface area contributed by atoms with Gasteiger partial charge in [-0.25, -0.2) is 4.79 Å². The highest BCUT2D eigenvalue weighted by atomic mass is 79.9. The summed E-state index contributed by atoms with van der Waals surface area (Å²) in [5.41, 5.74) is -0.281. The molecule has 0 bridgehead atoms. The Hall–Kier alpha value is -1.95. The van der Waals surface area contributed by atoms with E-state index in [0.29, 0.717) is 9.86 Å². The molecule has 0 aliphatic carbocycles. The molecule has 0 amide bonds. The fourth-order valence-corrected chi connectivity index (χ4v) is 2.15. The standard InChI is InChI=1S/C11H6BrNO4/c12-8-4-5-9(13(16)17)10-6(8)2-1-3-7(10)11(14)15/h1-5H,(H,14,15). The molecule has 0 aliphatic rings. The summed E-state index contributed by atoms with van der Waals surface area (Å²) in [7, 11) is 0. The molecule has 6 heteroatoms. The van der Waals surface area contributed by atoms with Crippen molar-refractivity contribution in [2.75, 3.05) is 0 Å². The fourth-order valence-electron chi connectivity index (χ4n) is 1.68. The van der Waals surface area contributed by atoms with Gasteiger partial charge in [-0.3, -0.25) is 10.1 Å². The minimum Gasteiger partial charge on any atom is -0.478 e. The van der Waals surface area contributed by atoms with Crippen molar-refractivity contribution in [3.8, 4) is 0 Å². The van der Waals surface area contributed by atoms with Gasteiger partial charge < -0.3 is 5.11 Å². The molecule has 1 N–H and O–H groups in total. The molecule has 0 atom stereocenters. The van der Waals surface area contributed by atoms with Crippen LogP contribution in [-0.2, 0) is 0 Å². The molecule has 86 valence electrons. The third kappa shape index (κ3) is 1.87. The highest BCUT2D eigenvalue weighted by molar-refractivity contribution is 9.10. The third-order valence-electron chi connectivity index (χ3n) is 2.39. The van der Waals surface area contributed by atoms with Gasteiger partial charge in [-0.15, -0.1) is 0 Å². The summed E-state index contributed by atoms with van der Waals surface area (Å²) in [6, 6.07) is 7.37. The number of fused-ring (bicyclic) bond motifs is 1. The van der Waals surface area contributed by atoms with Gasteiger partial charge in [0.1, 0.15) is 0 Å². The summed E-state index contributed by atoms with van der Waals surface area (Å²) in [4.78, 5) is 21.4. The molecular formula is C11H6BrNO4. The van der Waals surface area contributed by atoms with Crippen molar-refractivity contribution >= 4 is 38.4 Å². The van der Waals surface area contributed by atoms with Crippen molar-refractivity contribution in [1.29, 1.82) is 0 Å². The summed E-state index contributed by atoms with van der Waals surface area (Å²) in [5.74, 6) is -1.18. The number of nitrogens with zero attached hydrogens (tertiary/aromatic N) is 1. The lowest BCUT2D eigenvalue weighted by atomic mass is 10.0. The number of halogens is 1. The van der Waals surface area contributed by atoms with Crippen LogP contribution in [0.15, 0.2) is 34.8 Å². The third-order valence-corrected chi connectivity index (χ3v) is 3.08. The lowest BCUT2D eigenvalue weighted by Crippen LogP contribution is -2.00. The second-order valence-corrected chi connectivity index (χ2v) is 4.21. The fraction of sp³-hybridized carbons (Fsp3) is 0. The van der Waals surface area contributed by atoms with Gasteiger partial charge in [0.25, 0.3) is 5.69 Å². The highest BCUT2D eigenvalue weighted by Gasteiger charge is 2.19. The number of carboxylic acids is 1. The maximum Gasteiger partial charge on any atom is 0.336 e. The molecule has 5 nitrogen and oxygen atoms in total. The number of rotatable bonds is 2. The molecule has 2 aromatic carbocycles. The van der Waals surface area contributed by atoms with Gasteiger partial charge in [-0.2, -0.15) is 0 Å². The largest absolute Gasteiger partial charge is 0.478 e. The summed E-state index contributed by atoms with van der Waals surface area (Å²) in [6.07, 6.45) is 0. The number of nitro groups is 1. The summed E-state index contributed by atoms with van der Waals surface area (Å²) in [5, 5.41) is 20.6. The highest BCUT2D eigenvalue weighted by Crippen LogP contribution is 2.33. The SMILES string of the molecule is O=C(O)c1cccc2c(Br)ccc([N+](=O)[O-])c12. The number of nitro benzene ring substituents is 1. The van der Waals surface area contributed by atoms with Gasteiger partial charge >= 0.3 is 5.97 Å². The van der Waals surface area contributed by atoms with E-state index in [9.17, 15) is 14.9 Å². The first-order valence-electron chi connectivity index (χ1n) is 4.61. The first kappa shape index (κ1) is 11.5. The zero-order valence-electron chi connectivity index (χ0n) is 8.38. The van der Waals surface area contributed by atoms with Crippen LogP contribution in [0.4, 0.5) is 5.69 Å². The maximum absolute atomic E-state index is 11.1. The normalized spacial score (nSPS) is 10.4. The Morgan fingerprint density at radius 3 is 2.59 bits per heavy atom. The maximum atomic E-state index is 11.1. The van der Waals surface area contributed by atoms with Gasteiger partial charge in [0.05, 0.1) is 15.9 Å². The number of hydrogen-bond acceptors (Lipinski definition) is 3. The van der Waals surface area contributed by atoms with Crippen LogP contribution in [0.3, 0.4) is 0 Å². The zero-order chi connectivity index (χ0) is 12.6. The second-order valence-electron chi connectivity index (χ2n) is 3.36. The number of carbonyl (C=O) groups is 1. The zero-order valence-corrected chi connectivity index (χ0v) is 9.97. The summed E-state index contributed by atoms with van der Waals surface area (Å²) in [6.45, 7) is 0. The van der Waals surface area contributed by atoms with Crippen LogP contribution in [0.1, 0.15) is 10.4 Å². The molecule has 0 saturated carbocycles. The van der Waals surface area contributed by atoms with Gasteiger partial charge in [0.2, 0.25) is 0 Å². The van der Waals surface area contributed by atoms with E-state index in [1.54, 1.807) is 12.1 Å². The summed E-state index contributed by atoms with van der Waals surface area (Å²) >= 11 is 3.25. The molecule has 17 heavy (non-hydrogen) atoms. The average Bonchev–Trinajstić information content (AvgIpc) is 2.28. The Labute approximate surface area is 104 Å². The Kier molecular flexibility index (Phi) is 2.81. The molecule has 0 aromatic heterocycles. The van der Waals surface area contributed by atoms with Gasteiger partial charge in [0, 0.05) is 15.9 Å². The van der Waals surface area contributed by atoms with Crippen LogP contribution in [0, 0.1) is 10.1 Å². The second kappa shape index (κ2) is 4.14. The van der Waals surface area contributed by atoms with Crippen molar-refractivity contribution in [1.82, 2.24) is 0 Å². The number of benzene rings is 2. The first-order chi connectivity index (χ1) is 8.02. The van der Waals surface area contributed by atoms with Crippen molar-refractivity contribution in [3.63, 3.8) is 0 Å². The molecule has 0 saturated heterocycles. The average molecular weight is 296 g/mol.